The highest BCUT2D eigenvalue weighted by molar-refractivity contribution is 5.87. The Morgan fingerprint density at radius 2 is 2.10 bits per heavy atom. The number of carbonyl (C=O) groups is 1. The lowest BCUT2D eigenvalue weighted by Gasteiger charge is -2.03. The third-order valence-corrected chi connectivity index (χ3v) is 3.28. The van der Waals surface area contributed by atoms with Gasteiger partial charge in [0.05, 0.1) is 16.6 Å². The molecule has 0 saturated heterocycles. The number of benzene rings is 1. The minimum atomic E-state index is -0.968. The van der Waals surface area contributed by atoms with Gasteiger partial charge in [-0.3, -0.25) is 4.98 Å². The lowest BCUT2D eigenvalue weighted by molar-refractivity contribution is 0.0696. The average molecular weight is 267 g/mol. The first-order valence-corrected chi connectivity index (χ1v) is 6.22. The highest BCUT2D eigenvalue weighted by Gasteiger charge is 2.10. The molecule has 0 radical (unpaired) electrons. The molecule has 0 spiro atoms. The maximum absolute atomic E-state index is 11.0. The Labute approximate surface area is 115 Å². The summed E-state index contributed by atoms with van der Waals surface area (Å²) in [6, 6.07) is 9.53. The van der Waals surface area contributed by atoms with Crippen molar-refractivity contribution < 1.29 is 9.90 Å². The van der Waals surface area contributed by atoms with E-state index in [1.807, 2.05) is 35.9 Å². The van der Waals surface area contributed by atoms with Crippen LogP contribution in [0.15, 0.2) is 42.7 Å². The molecule has 5 heteroatoms. The number of hydrogen-bond acceptors (Lipinski definition) is 3. The van der Waals surface area contributed by atoms with Crippen molar-refractivity contribution in [3.8, 4) is 0 Å². The Morgan fingerprint density at radius 3 is 2.85 bits per heavy atom. The second kappa shape index (κ2) is 4.77. The SMILES string of the molecule is Cn1c(Cc2cncc(C(=O)O)c2)nc2ccccc21. The molecule has 0 saturated carbocycles. The Hall–Kier alpha value is -2.69. The lowest BCUT2D eigenvalue weighted by Crippen LogP contribution is -2.02. The number of fused-ring (bicyclic) bond motifs is 1. The van der Waals surface area contributed by atoms with Gasteiger partial charge >= 0.3 is 5.97 Å². The zero-order valence-electron chi connectivity index (χ0n) is 10.9. The molecular weight excluding hydrogens is 254 g/mol. The number of hydrogen-bond donors (Lipinski definition) is 1. The highest BCUT2D eigenvalue weighted by Crippen LogP contribution is 2.17. The lowest BCUT2D eigenvalue weighted by atomic mass is 10.1. The molecule has 0 bridgehead atoms. The minimum absolute atomic E-state index is 0.196. The van der Waals surface area contributed by atoms with Crippen LogP contribution in [-0.4, -0.2) is 25.6 Å². The average Bonchev–Trinajstić information content (AvgIpc) is 2.76. The van der Waals surface area contributed by atoms with Crippen LogP contribution in [0.3, 0.4) is 0 Å². The van der Waals surface area contributed by atoms with E-state index in [1.165, 1.54) is 6.20 Å². The summed E-state index contributed by atoms with van der Waals surface area (Å²) in [6.07, 6.45) is 3.58. The summed E-state index contributed by atoms with van der Waals surface area (Å²) in [4.78, 5) is 19.5. The fraction of sp³-hybridized carbons (Fsp3) is 0.133. The molecule has 0 aliphatic rings. The van der Waals surface area contributed by atoms with Gasteiger partial charge in [0.15, 0.2) is 0 Å². The normalized spacial score (nSPS) is 10.8. The van der Waals surface area contributed by atoms with Crippen LogP contribution in [0.2, 0.25) is 0 Å². The Bertz CT molecular complexity index is 793. The van der Waals surface area contributed by atoms with Crippen molar-refractivity contribution in [1.82, 2.24) is 14.5 Å². The molecule has 0 unspecified atom stereocenters. The van der Waals surface area contributed by atoms with Gasteiger partial charge in [0, 0.05) is 25.9 Å². The summed E-state index contributed by atoms with van der Waals surface area (Å²) in [5.74, 6) is -0.0834. The summed E-state index contributed by atoms with van der Waals surface area (Å²) in [5, 5.41) is 8.98. The van der Waals surface area contributed by atoms with Gasteiger partial charge in [-0.1, -0.05) is 12.1 Å². The molecule has 3 aromatic rings. The molecular formula is C15H13N3O2. The molecule has 3 rings (SSSR count). The van der Waals surface area contributed by atoms with E-state index in [0.29, 0.717) is 6.42 Å². The highest BCUT2D eigenvalue weighted by atomic mass is 16.4. The van der Waals surface area contributed by atoms with E-state index in [2.05, 4.69) is 9.97 Å². The number of imidazole rings is 1. The van der Waals surface area contributed by atoms with Crippen molar-refractivity contribution in [2.24, 2.45) is 7.05 Å². The summed E-state index contributed by atoms with van der Waals surface area (Å²) in [6.45, 7) is 0. The van der Waals surface area contributed by atoms with Gasteiger partial charge in [0.1, 0.15) is 5.82 Å². The number of pyridine rings is 1. The van der Waals surface area contributed by atoms with Gasteiger partial charge in [-0.05, 0) is 23.8 Å². The number of rotatable bonds is 3. The van der Waals surface area contributed by atoms with Gasteiger partial charge in [-0.2, -0.15) is 0 Å². The molecule has 0 amide bonds. The maximum Gasteiger partial charge on any atom is 0.337 e. The standard InChI is InChI=1S/C15H13N3O2/c1-18-13-5-3-2-4-12(13)17-14(18)7-10-6-11(15(19)20)9-16-8-10/h2-6,8-9H,7H2,1H3,(H,19,20). The van der Waals surface area contributed by atoms with E-state index >= 15 is 0 Å². The topological polar surface area (TPSA) is 68.0 Å². The van der Waals surface area contributed by atoms with Crippen molar-refractivity contribution in [2.75, 3.05) is 0 Å². The Balaban J connectivity index is 1.99. The van der Waals surface area contributed by atoms with E-state index in [1.54, 1.807) is 12.3 Å². The second-order valence-corrected chi connectivity index (χ2v) is 4.64. The first kappa shape index (κ1) is 12.3. The third-order valence-electron chi connectivity index (χ3n) is 3.28. The second-order valence-electron chi connectivity index (χ2n) is 4.64. The maximum atomic E-state index is 11.0. The molecule has 20 heavy (non-hydrogen) atoms. The van der Waals surface area contributed by atoms with Crippen LogP contribution in [0, 0.1) is 0 Å². The molecule has 0 aliphatic carbocycles. The first-order chi connectivity index (χ1) is 9.65. The predicted molar refractivity (Wildman–Crippen MR) is 74.7 cm³/mol. The molecule has 2 heterocycles. The quantitative estimate of drug-likeness (QED) is 0.790. The van der Waals surface area contributed by atoms with Gasteiger partial charge in [0.2, 0.25) is 0 Å². The molecule has 2 aromatic heterocycles. The van der Waals surface area contributed by atoms with Crippen molar-refractivity contribution in [3.63, 3.8) is 0 Å². The van der Waals surface area contributed by atoms with Crippen LogP contribution >= 0.6 is 0 Å². The van der Waals surface area contributed by atoms with Crippen LogP contribution in [0.25, 0.3) is 11.0 Å². The Kier molecular flexibility index (Phi) is 2.95. The first-order valence-electron chi connectivity index (χ1n) is 6.22. The zero-order chi connectivity index (χ0) is 14.1. The van der Waals surface area contributed by atoms with Crippen LogP contribution in [-0.2, 0) is 13.5 Å². The molecule has 100 valence electrons. The Morgan fingerprint density at radius 1 is 1.30 bits per heavy atom. The van der Waals surface area contributed by atoms with Crippen molar-refractivity contribution in [3.05, 3.63) is 59.7 Å². The van der Waals surface area contributed by atoms with Crippen LogP contribution in [0.4, 0.5) is 0 Å². The fourth-order valence-corrected chi connectivity index (χ4v) is 2.24. The van der Waals surface area contributed by atoms with Crippen LogP contribution in [0.1, 0.15) is 21.7 Å². The van der Waals surface area contributed by atoms with E-state index < -0.39 is 5.97 Å². The predicted octanol–water partition coefficient (Wildman–Crippen LogP) is 2.26. The van der Waals surface area contributed by atoms with E-state index in [9.17, 15) is 4.79 Å². The van der Waals surface area contributed by atoms with Gasteiger partial charge in [-0.25, -0.2) is 9.78 Å². The molecule has 0 atom stereocenters. The van der Waals surface area contributed by atoms with E-state index in [-0.39, 0.29) is 5.56 Å². The fourth-order valence-electron chi connectivity index (χ4n) is 2.24. The van der Waals surface area contributed by atoms with Crippen LogP contribution < -0.4 is 0 Å². The molecule has 1 N–H and O–H groups in total. The van der Waals surface area contributed by atoms with Gasteiger partial charge < -0.3 is 9.67 Å². The van der Waals surface area contributed by atoms with Crippen molar-refractivity contribution >= 4 is 17.0 Å². The number of carboxylic acid groups (broad SMARTS) is 1. The van der Waals surface area contributed by atoms with Gasteiger partial charge in [0.25, 0.3) is 0 Å². The zero-order valence-corrected chi connectivity index (χ0v) is 10.9. The number of nitrogens with zero attached hydrogens (tertiary/aromatic N) is 3. The third kappa shape index (κ3) is 2.14. The number of aromatic nitrogens is 3. The molecule has 5 nitrogen and oxygen atoms in total. The molecule has 0 aliphatic heterocycles. The summed E-state index contributed by atoms with van der Waals surface area (Å²) < 4.78 is 2.02. The smallest absolute Gasteiger partial charge is 0.337 e. The number of para-hydroxylation sites is 2. The molecule has 1 aromatic carbocycles. The van der Waals surface area contributed by atoms with Gasteiger partial charge in [-0.15, -0.1) is 0 Å². The van der Waals surface area contributed by atoms with E-state index in [0.717, 1.165) is 22.4 Å². The summed E-state index contributed by atoms with van der Waals surface area (Å²) in [7, 11) is 1.96. The van der Waals surface area contributed by atoms with Crippen LogP contribution in [0.5, 0.6) is 0 Å². The number of carboxylic acids is 1. The van der Waals surface area contributed by atoms with Crippen molar-refractivity contribution in [2.45, 2.75) is 6.42 Å². The summed E-state index contributed by atoms with van der Waals surface area (Å²) >= 11 is 0. The number of aryl methyl sites for hydroxylation is 1. The van der Waals surface area contributed by atoms with E-state index in [4.69, 9.17) is 5.11 Å². The summed E-state index contributed by atoms with van der Waals surface area (Å²) in [5.41, 5.74) is 3.03. The monoisotopic (exact) mass is 267 g/mol. The minimum Gasteiger partial charge on any atom is -0.478 e. The molecule has 0 fully saturated rings. The van der Waals surface area contributed by atoms with Crippen molar-refractivity contribution in [1.29, 1.82) is 0 Å². The number of aromatic carboxylic acids is 1. The largest absolute Gasteiger partial charge is 0.478 e.